The van der Waals surface area contributed by atoms with Crippen molar-refractivity contribution in [1.82, 2.24) is 10.4 Å². The fraction of sp³-hybridized carbons (Fsp3) is 0.222. The molecule has 0 aliphatic carbocycles. The number of halogens is 3. The van der Waals surface area contributed by atoms with Gasteiger partial charge in [0.1, 0.15) is 5.82 Å². The lowest BCUT2D eigenvalue weighted by molar-refractivity contribution is 0.0687. The first-order valence-electron chi connectivity index (χ1n) is 7.71. The predicted molar refractivity (Wildman–Crippen MR) is 101 cm³/mol. The number of hydrogen-bond acceptors (Lipinski definition) is 2. The van der Waals surface area contributed by atoms with Crippen LogP contribution in [-0.4, -0.2) is 22.5 Å². The third-order valence-electron chi connectivity index (χ3n) is 3.36. The predicted octanol–water partition coefficient (Wildman–Crippen LogP) is 5.11. The molecule has 0 aromatic heterocycles. The van der Waals surface area contributed by atoms with E-state index in [1.807, 2.05) is 0 Å². The first kappa shape index (κ1) is 20.0. The first-order valence-corrected chi connectivity index (χ1v) is 8.46. The van der Waals surface area contributed by atoms with E-state index in [1.165, 1.54) is 12.1 Å². The van der Waals surface area contributed by atoms with Crippen molar-refractivity contribution in [3.63, 3.8) is 0 Å². The Labute approximate surface area is 161 Å². The molecule has 8 heteroatoms. The Morgan fingerprint density at radius 3 is 2.19 bits per heavy atom. The molecule has 0 radical (unpaired) electrons. The van der Waals surface area contributed by atoms with Crippen molar-refractivity contribution in [3.05, 3.63) is 63.9 Å². The van der Waals surface area contributed by atoms with E-state index in [0.717, 1.165) is 11.1 Å². The number of hydrazine groups is 1. The fourth-order valence-corrected chi connectivity index (χ4v) is 2.35. The highest BCUT2D eigenvalue weighted by atomic mass is 35.5. The van der Waals surface area contributed by atoms with Crippen molar-refractivity contribution in [2.45, 2.75) is 26.3 Å². The SMILES string of the molecule is CC(C)(C)N(NC(=O)c1ccc(Cl)cc1)C(=O)Nc1ccc(F)c(Cl)c1. The lowest BCUT2D eigenvalue weighted by Gasteiger charge is -2.35. The normalized spacial score (nSPS) is 11.0. The molecule has 2 rings (SSSR count). The van der Waals surface area contributed by atoms with Crippen molar-refractivity contribution in [2.75, 3.05) is 5.32 Å². The molecule has 0 aliphatic rings. The number of urea groups is 1. The molecule has 2 N–H and O–H groups in total. The number of amides is 3. The lowest BCUT2D eigenvalue weighted by atomic mass is 10.1. The Kier molecular flexibility index (Phi) is 6.10. The Balaban J connectivity index is 2.18. The van der Waals surface area contributed by atoms with Gasteiger partial charge >= 0.3 is 6.03 Å². The van der Waals surface area contributed by atoms with Crippen molar-refractivity contribution < 1.29 is 14.0 Å². The van der Waals surface area contributed by atoms with Gasteiger partial charge in [-0.25, -0.2) is 14.2 Å². The molecule has 3 amide bonds. The van der Waals surface area contributed by atoms with Gasteiger partial charge in [0.25, 0.3) is 5.91 Å². The second-order valence-electron chi connectivity index (χ2n) is 6.51. The van der Waals surface area contributed by atoms with Crippen LogP contribution in [0.3, 0.4) is 0 Å². The molecule has 0 bridgehead atoms. The third kappa shape index (κ3) is 5.09. The number of anilines is 1. The molecule has 0 unspecified atom stereocenters. The quantitative estimate of drug-likeness (QED) is 0.691. The van der Waals surface area contributed by atoms with Crippen LogP contribution in [0.15, 0.2) is 42.5 Å². The molecule has 5 nitrogen and oxygen atoms in total. The van der Waals surface area contributed by atoms with Gasteiger partial charge in [0.15, 0.2) is 0 Å². The number of carbonyl (C=O) groups is 2. The minimum Gasteiger partial charge on any atom is -0.306 e. The van der Waals surface area contributed by atoms with Gasteiger partial charge in [-0.05, 0) is 63.2 Å². The molecule has 26 heavy (non-hydrogen) atoms. The monoisotopic (exact) mass is 397 g/mol. The Bertz CT molecular complexity index is 820. The zero-order valence-corrected chi connectivity index (χ0v) is 16.0. The van der Waals surface area contributed by atoms with Crippen LogP contribution >= 0.6 is 23.2 Å². The summed E-state index contributed by atoms with van der Waals surface area (Å²) in [6.07, 6.45) is 0. The maximum absolute atomic E-state index is 13.3. The van der Waals surface area contributed by atoms with Gasteiger partial charge in [-0.3, -0.25) is 10.2 Å². The molecule has 138 valence electrons. The average Bonchev–Trinajstić information content (AvgIpc) is 2.55. The van der Waals surface area contributed by atoms with E-state index in [2.05, 4.69) is 10.7 Å². The highest BCUT2D eigenvalue weighted by molar-refractivity contribution is 6.31. The average molecular weight is 398 g/mol. The van der Waals surface area contributed by atoms with Crippen molar-refractivity contribution in [2.24, 2.45) is 0 Å². The highest BCUT2D eigenvalue weighted by Crippen LogP contribution is 2.21. The van der Waals surface area contributed by atoms with Gasteiger partial charge in [0.2, 0.25) is 0 Å². The van der Waals surface area contributed by atoms with E-state index < -0.39 is 23.3 Å². The van der Waals surface area contributed by atoms with Crippen LogP contribution in [0.2, 0.25) is 10.0 Å². The summed E-state index contributed by atoms with van der Waals surface area (Å²) in [6.45, 7) is 5.27. The van der Waals surface area contributed by atoms with Gasteiger partial charge in [-0.2, -0.15) is 0 Å². The second kappa shape index (κ2) is 7.93. The summed E-state index contributed by atoms with van der Waals surface area (Å²) in [7, 11) is 0. The van der Waals surface area contributed by atoms with Crippen LogP contribution < -0.4 is 10.7 Å². The molecule has 0 aliphatic heterocycles. The van der Waals surface area contributed by atoms with Gasteiger partial charge in [0.05, 0.1) is 10.6 Å². The van der Waals surface area contributed by atoms with Gasteiger partial charge < -0.3 is 5.32 Å². The van der Waals surface area contributed by atoms with Crippen LogP contribution in [0.4, 0.5) is 14.9 Å². The van der Waals surface area contributed by atoms with E-state index in [-0.39, 0.29) is 5.02 Å². The standard InChI is InChI=1S/C18H18Cl2FN3O2/c1-18(2,3)24(23-16(25)11-4-6-12(19)7-5-11)17(26)22-13-8-9-15(21)14(20)10-13/h4-10H,1-3H3,(H,22,26)(H,23,25). The van der Waals surface area contributed by atoms with Gasteiger partial charge in [0, 0.05) is 16.3 Å². The van der Waals surface area contributed by atoms with Crippen LogP contribution in [-0.2, 0) is 0 Å². The van der Waals surface area contributed by atoms with Crippen LogP contribution in [0.25, 0.3) is 0 Å². The molecular weight excluding hydrogens is 380 g/mol. The number of hydrogen-bond donors (Lipinski definition) is 2. The molecule has 2 aromatic carbocycles. The summed E-state index contributed by atoms with van der Waals surface area (Å²) in [5.41, 5.74) is 2.50. The second-order valence-corrected chi connectivity index (χ2v) is 7.36. The van der Waals surface area contributed by atoms with E-state index in [0.29, 0.717) is 16.3 Å². The van der Waals surface area contributed by atoms with Crippen LogP contribution in [0.5, 0.6) is 0 Å². The number of carbonyl (C=O) groups excluding carboxylic acids is 2. The molecule has 0 saturated carbocycles. The topological polar surface area (TPSA) is 61.4 Å². The number of benzene rings is 2. The summed E-state index contributed by atoms with van der Waals surface area (Å²) < 4.78 is 13.3. The van der Waals surface area contributed by atoms with E-state index in [4.69, 9.17) is 23.2 Å². The highest BCUT2D eigenvalue weighted by Gasteiger charge is 2.29. The van der Waals surface area contributed by atoms with Crippen LogP contribution in [0, 0.1) is 5.82 Å². The Hall–Kier alpha value is -2.31. The molecule has 0 heterocycles. The van der Waals surface area contributed by atoms with Crippen molar-refractivity contribution in [3.8, 4) is 0 Å². The fourth-order valence-electron chi connectivity index (χ4n) is 2.04. The summed E-state index contributed by atoms with van der Waals surface area (Å²) in [5, 5.41) is 4.12. The van der Waals surface area contributed by atoms with Gasteiger partial charge in [-0.1, -0.05) is 23.2 Å². The molecule has 0 fully saturated rings. The molecule has 0 atom stereocenters. The number of nitrogens with one attached hydrogen (secondary N) is 2. The van der Waals surface area contributed by atoms with Gasteiger partial charge in [-0.15, -0.1) is 0 Å². The molecule has 0 spiro atoms. The zero-order chi connectivity index (χ0) is 19.5. The Morgan fingerprint density at radius 1 is 1.04 bits per heavy atom. The minimum atomic E-state index is -0.726. The number of nitrogens with zero attached hydrogens (tertiary/aromatic N) is 1. The summed E-state index contributed by atoms with van der Waals surface area (Å²) in [5.74, 6) is -1.06. The number of rotatable bonds is 2. The van der Waals surface area contributed by atoms with Crippen molar-refractivity contribution in [1.29, 1.82) is 0 Å². The van der Waals surface area contributed by atoms with E-state index in [9.17, 15) is 14.0 Å². The molecule has 2 aromatic rings. The maximum atomic E-state index is 13.3. The smallest absolute Gasteiger partial charge is 0.306 e. The minimum absolute atomic E-state index is 0.115. The third-order valence-corrected chi connectivity index (χ3v) is 3.91. The molecule has 0 saturated heterocycles. The largest absolute Gasteiger partial charge is 0.341 e. The van der Waals surface area contributed by atoms with E-state index >= 15 is 0 Å². The first-order chi connectivity index (χ1) is 12.1. The lowest BCUT2D eigenvalue weighted by Crippen LogP contribution is -2.57. The zero-order valence-electron chi connectivity index (χ0n) is 14.4. The summed E-state index contributed by atoms with van der Waals surface area (Å²) in [6, 6.07) is 9.48. The maximum Gasteiger partial charge on any atom is 0.341 e. The van der Waals surface area contributed by atoms with Crippen molar-refractivity contribution >= 4 is 40.8 Å². The van der Waals surface area contributed by atoms with Crippen LogP contribution in [0.1, 0.15) is 31.1 Å². The Morgan fingerprint density at radius 2 is 1.65 bits per heavy atom. The summed E-state index contributed by atoms with van der Waals surface area (Å²) in [4.78, 5) is 25.0. The molecular formula is C18H18Cl2FN3O2. The van der Waals surface area contributed by atoms with E-state index in [1.54, 1.807) is 45.0 Å². The summed E-state index contributed by atoms with van der Waals surface area (Å²) >= 11 is 11.5.